The maximum atomic E-state index is 13.4. The van der Waals surface area contributed by atoms with Gasteiger partial charge >= 0.3 is 0 Å². The van der Waals surface area contributed by atoms with Gasteiger partial charge in [-0.05, 0) is 68.0 Å². The number of hydrogen-bond donors (Lipinski definition) is 0. The summed E-state index contributed by atoms with van der Waals surface area (Å²) in [7, 11) is 0. The van der Waals surface area contributed by atoms with E-state index in [2.05, 4.69) is 12.0 Å². The second-order valence-corrected chi connectivity index (χ2v) is 9.34. The van der Waals surface area contributed by atoms with E-state index in [9.17, 15) is 4.79 Å². The number of anilines is 1. The fourth-order valence-corrected chi connectivity index (χ4v) is 4.44. The molecular formula is C32H32N4O2. The lowest BCUT2D eigenvalue weighted by Crippen LogP contribution is -2.21. The second kappa shape index (κ2) is 11.7. The Morgan fingerprint density at radius 1 is 0.842 bits per heavy atom. The van der Waals surface area contributed by atoms with Gasteiger partial charge in [-0.3, -0.25) is 4.79 Å². The molecule has 0 saturated heterocycles. The first-order valence-corrected chi connectivity index (χ1v) is 13.2. The molecule has 1 aliphatic rings. The van der Waals surface area contributed by atoms with E-state index in [1.165, 1.54) is 24.3 Å². The van der Waals surface area contributed by atoms with Crippen molar-refractivity contribution in [3.05, 3.63) is 102 Å². The Hall–Kier alpha value is -4.45. The van der Waals surface area contributed by atoms with Crippen LogP contribution in [0.2, 0.25) is 0 Å². The summed E-state index contributed by atoms with van der Waals surface area (Å²) < 4.78 is 7.78. The molecule has 0 atom stereocenters. The van der Waals surface area contributed by atoms with Crippen LogP contribution in [0, 0.1) is 0 Å². The molecule has 1 amide bonds. The highest BCUT2D eigenvalue weighted by molar-refractivity contribution is 6.32. The number of amides is 1. The van der Waals surface area contributed by atoms with Crippen LogP contribution in [0.5, 0.6) is 5.75 Å². The van der Waals surface area contributed by atoms with Crippen LogP contribution in [-0.2, 0) is 4.79 Å². The van der Waals surface area contributed by atoms with Crippen LogP contribution in [0.4, 0.5) is 5.69 Å². The van der Waals surface area contributed by atoms with Gasteiger partial charge < -0.3 is 4.74 Å². The number of hydrogen-bond acceptors (Lipinski definition) is 4. The third-order valence-electron chi connectivity index (χ3n) is 6.52. The molecule has 4 aromatic rings. The van der Waals surface area contributed by atoms with Gasteiger partial charge in [-0.15, -0.1) is 0 Å². The number of unbranched alkanes of at least 4 members (excludes halogenated alkanes) is 3. The monoisotopic (exact) mass is 504 g/mol. The third kappa shape index (κ3) is 5.59. The number of hydrazone groups is 1. The Balaban J connectivity index is 1.45. The Bertz CT molecular complexity index is 1440. The number of benzene rings is 3. The average Bonchev–Trinajstić information content (AvgIpc) is 3.51. The molecule has 5 rings (SSSR count). The Kier molecular flexibility index (Phi) is 7.78. The number of ether oxygens (including phenoxy) is 1. The molecule has 1 aromatic heterocycles. The largest absolute Gasteiger partial charge is 0.494 e. The van der Waals surface area contributed by atoms with E-state index in [0.29, 0.717) is 11.3 Å². The zero-order valence-electron chi connectivity index (χ0n) is 21.9. The molecule has 2 heterocycles. The molecule has 3 aromatic carbocycles. The number of rotatable bonds is 10. The van der Waals surface area contributed by atoms with Crippen LogP contribution < -0.4 is 9.75 Å². The number of aromatic nitrogens is 2. The van der Waals surface area contributed by atoms with E-state index in [1.807, 2.05) is 109 Å². The van der Waals surface area contributed by atoms with Crippen LogP contribution >= 0.6 is 0 Å². The quantitative estimate of drug-likeness (QED) is 0.168. The Morgan fingerprint density at radius 2 is 1.53 bits per heavy atom. The maximum Gasteiger partial charge on any atom is 0.280 e. The molecule has 192 valence electrons. The van der Waals surface area contributed by atoms with Crippen molar-refractivity contribution >= 4 is 23.4 Å². The first-order chi connectivity index (χ1) is 18.6. The third-order valence-corrected chi connectivity index (χ3v) is 6.52. The first-order valence-electron chi connectivity index (χ1n) is 13.2. The van der Waals surface area contributed by atoms with Crippen LogP contribution in [-0.4, -0.2) is 28.0 Å². The average molecular weight is 505 g/mol. The zero-order valence-corrected chi connectivity index (χ0v) is 21.9. The van der Waals surface area contributed by atoms with Crippen molar-refractivity contribution in [1.82, 2.24) is 9.78 Å². The van der Waals surface area contributed by atoms with Crippen LogP contribution in [0.15, 0.2) is 102 Å². The maximum absolute atomic E-state index is 13.4. The molecule has 0 fully saturated rings. The molecule has 0 N–H and O–H groups in total. The van der Waals surface area contributed by atoms with E-state index in [4.69, 9.17) is 9.84 Å². The lowest BCUT2D eigenvalue weighted by atomic mass is 10.0. The SMILES string of the molecule is CCCCCCOc1ccc(-c2nn(-c3ccccc3)cc2C=C2C(=O)N(c3ccccc3)N=C2C)cc1. The van der Waals surface area contributed by atoms with Gasteiger partial charge in [-0.25, -0.2) is 4.68 Å². The summed E-state index contributed by atoms with van der Waals surface area (Å²) in [5.41, 5.74) is 5.48. The summed E-state index contributed by atoms with van der Waals surface area (Å²) in [6.45, 7) is 4.79. The smallest absolute Gasteiger partial charge is 0.280 e. The van der Waals surface area contributed by atoms with Crippen molar-refractivity contribution in [2.45, 2.75) is 39.5 Å². The predicted octanol–water partition coefficient (Wildman–Crippen LogP) is 7.30. The molecule has 6 nitrogen and oxygen atoms in total. The molecule has 38 heavy (non-hydrogen) atoms. The van der Waals surface area contributed by atoms with Gasteiger partial charge in [-0.2, -0.15) is 15.2 Å². The highest BCUT2D eigenvalue weighted by Gasteiger charge is 2.29. The van der Waals surface area contributed by atoms with Crippen molar-refractivity contribution in [2.75, 3.05) is 11.6 Å². The van der Waals surface area contributed by atoms with Crippen molar-refractivity contribution in [2.24, 2.45) is 5.10 Å². The molecular weight excluding hydrogens is 472 g/mol. The lowest BCUT2D eigenvalue weighted by Gasteiger charge is -2.11. The summed E-state index contributed by atoms with van der Waals surface area (Å²) in [6.07, 6.45) is 8.55. The predicted molar refractivity (Wildman–Crippen MR) is 154 cm³/mol. The standard InChI is InChI=1S/C32H32N4O2/c1-3-4-5-12-21-38-29-19-17-25(18-20-29)31-26(23-35(34-31)27-13-8-6-9-14-27)22-30-24(2)33-36(32(30)37)28-15-10-7-11-16-28/h6-11,13-20,22-23H,3-5,12,21H2,1-2H3. The van der Waals surface area contributed by atoms with E-state index >= 15 is 0 Å². The molecule has 0 bridgehead atoms. The molecule has 1 aliphatic heterocycles. The van der Waals surface area contributed by atoms with Crippen LogP contribution in [0.1, 0.15) is 45.1 Å². The zero-order chi connectivity index (χ0) is 26.3. The van der Waals surface area contributed by atoms with Crippen molar-refractivity contribution in [1.29, 1.82) is 0 Å². The molecule has 0 spiro atoms. The molecule has 6 heteroatoms. The summed E-state index contributed by atoms with van der Waals surface area (Å²) in [5, 5.41) is 10.9. The van der Waals surface area contributed by atoms with Gasteiger partial charge in [0, 0.05) is 17.3 Å². The molecule has 0 radical (unpaired) electrons. The molecule has 0 unspecified atom stereocenters. The normalized spacial score (nSPS) is 14.3. The Labute approximate surface area is 223 Å². The van der Waals surface area contributed by atoms with Crippen LogP contribution in [0.25, 0.3) is 23.0 Å². The summed E-state index contributed by atoms with van der Waals surface area (Å²) >= 11 is 0. The van der Waals surface area contributed by atoms with Crippen molar-refractivity contribution in [3.63, 3.8) is 0 Å². The number of carbonyl (C=O) groups is 1. The van der Waals surface area contributed by atoms with E-state index in [1.54, 1.807) is 0 Å². The minimum absolute atomic E-state index is 0.154. The van der Waals surface area contributed by atoms with Crippen molar-refractivity contribution in [3.8, 4) is 22.7 Å². The topological polar surface area (TPSA) is 59.7 Å². The summed E-state index contributed by atoms with van der Waals surface area (Å²) in [4.78, 5) is 13.4. The second-order valence-electron chi connectivity index (χ2n) is 9.34. The minimum Gasteiger partial charge on any atom is -0.494 e. The summed E-state index contributed by atoms with van der Waals surface area (Å²) in [6, 6.07) is 27.4. The number of para-hydroxylation sites is 2. The van der Waals surface area contributed by atoms with Gasteiger partial charge in [-0.1, -0.05) is 62.6 Å². The molecule has 0 saturated carbocycles. The van der Waals surface area contributed by atoms with E-state index < -0.39 is 0 Å². The van der Waals surface area contributed by atoms with Gasteiger partial charge in [0.25, 0.3) is 5.91 Å². The number of carbonyl (C=O) groups excluding carboxylic acids is 1. The fraction of sp³-hybridized carbons (Fsp3) is 0.219. The van der Waals surface area contributed by atoms with E-state index in [0.717, 1.165) is 47.0 Å². The highest BCUT2D eigenvalue weighted by Crippen LogP contribution is 2.30. The first kappa shape index (κ1) is 25.2. The highest BCUT2D eigenvalue weighted by atomic mass is 16.5. The Morgan fingerprint density at radius 3 is 2.21 bits per heavy atom. The van der Waals surface area contributed by atoms with Crippen LogP contribution in [0.3, 0.4) is 0 Å². The van der Waals surface area contributed by atoms with Gasteiger partial charge in [0.1, 0.15) is 5.75 Å². The van der Waals surface area contributed by atoms with Gasteiger partial charge in [0.05, 0.1) is 35.0 Å². The molecule has 0 aliphatic carbocycles. The minimum atomic E-state index is -0.154. The van der Waals surface area contributed by atoms with E-state index in [-0.39, 0.29) is 5.91 Å². The summed E-state index contributed by atoms with van der Waals surface area (Å²) in [5.74, 6) is 0.694. The number of nitrogens with zero attached hydrogens (tertiary/aromatic N) is 4. The fourth-order valence-electron chi connectivity index (χ4n) is 4.44. The van der Waals surface area contributed by atoms with Gasteiger partial charge in [0.2, 0.25) is 0 Å². The van der Waals surface area contributed by atoms with Gasteiger partial charge in [0.15, 0.2) is 0 Å². The lowest BCUT2D eigenvalue weighted by molar-refractivity contribution is -0.114. The van der Waals surface area contributed by atoms with Crippen molar-refractivity contribution < 1.29 is 9.53 Å².